The fourth-order valence-corrected chi connectivity index (χ4v) is 3.81. The number of halogens is 7. The Bertz CT molecular complexity index is 910. The predicted octanol–water partition coefficient (Wildman–Crippen LogP) is 5.55. The molecule has 0 aliphatic carbocycles. The minimum Gasteiger partial charge on any atom is -0.335 e. The number of nitrogens with zero attached hydrogens (tertiary/aromatic N) is 1. The van der Waals surface area contributed by atoms with Gasteiger partial charge in [0.05, 0.1) is 11.1 Å². The first-order chi connectivity index (χ1) is 14.3. The molecule has 1 saturated heterocycles. The number of rotatable bonds is 3. The Morgan fingerprint density at radius 1 is 1.00 bits per heavy atom. The molecule has 3 nitrogen and oxygen atoms in total. The number of hydrogen-bond acceptors (Lipinski definition) is 2. The molecule has 0 spiro atoms. The number of nitrogens with two attached hydrogens (primary N) is 1. The van der Waals surface area contributed by atoms with Crippen molar-refractivity contribution < 1.29 is 31.1 Å². The second kappa shape index (κ2) is 8.70. The number of amides is 1. The molecule has 1 fully saturated rings. The number of piperidine rings is 1. The molecule has 1 aliphatic rings. The highest BCUT2D eigenvalue weighted by atomic mass is 35.5. The summed E-state index contributed by atoms with van der Waals surface area (Å²) in [6.07, 6.45) is -8.93. The van der Waals surface area contributed by atoms with E-state index in [-0.39, 0.29) is 18.7 Å². The van der Waals surface area contributed by atoms with Gasteiger partial charge < -0.3 is 10.6 Å². The van der Waals surface area contributed by atoms with Gasteiger partial charge in [-0.25, -0.2) is 0 Å². The van der Waals surface area contributed by atoms with Crippen LogP contribution >= 0.6 is 11.6 Å². The lowest BCUT2D eigenvalue weighted by Crippen LogP contribution is -2.50. The van der Waals surface area contributed by atoms with Gasteiger partial charge in [-0.3, -0.25) is 4.79 Å². The van der Waals surface area contributed by atoms with Crippen molar-refractivity contribution in [3.05, 3.63) is 69.7 Å². The molecular formula is C21H19ClF6N2O. The zero-order valence-electron chi connectivity index (χ0n) is 16.1. The van der Waals surface area contributed by atoms with Crippen LogP contribution in [-0.4, -0.2) is 29.4 Å². The van der Waals surface area contributed by atoms with Crippen LogP contribution in [0.4, 0.5) is 26.3 Å². The van der Waals surface area contributed by atoms with E-state index in [9.17, 15) is 31.1 Å². The van der Waals surface area contributed by atoms with Crippen LogP contribution in [-0.2, 0) is 18.8 Å². The lowest BCUT2D eigenvalue weighted by Gasteiger charge is -2.39. The van der Waals surface area contributed by atoms with Gasteiger partial charge in [0.25, 0.3) is 5.91 Å². The highest BCUT2D eigenvalue weighted by molar-refractivity contribution is 6.30. The lowest BCUT2D eigenvalue weighted by atomic mass is 9.91. The number of carbonyl (C=O) groups excluding carboxylic acids is 1. The zero-order valence-corrected chi connectivity index (χ0v) is 16.9. The van der Waals surface area contributed by atoms with Gasteiger partial charge in [0.1, 0.15) is 0 Å². The van der Waals surface area contributed by atoms with Crippen LogP contribution in [0.3, 0.4) is 0 Å². The Balaban J connectivity index is 1.95. The first kappa shape index (κ1) is 23.4. The predicted molar refractivity (Wildman–Crippen MR) is 104 cm³/mol. The van der Waals surface area contributed by atoms with E-state index in [0.717, 1.165) is 5.56 Å². The lowest BCUT2D eigenvalue weighted by molar-refractivity contribution is -0.143. The highest BCUT2D eigenvalue weighted by Gasteiger charge is 2.39. The van der Waals surface area contributed by atoms with Crippen molar-refractivity contribution in [2.75, 3.05) is 6.54 Å². The molecule has 1 heterocycles. The standard InChI is InChI=1S/C21H19ClF6N2O/c22-16-3-1-12(2-4-16)7-18-11-17(29)5-6-30(18)19(31)13-8-14(20(23,24)25)10-15(9-13)21(26,27)28/h1-4,8-10,17-18H,5-7,11,29H2/t17?,18-/m0/s1. The fraction of sp³-hybridized carbons (Fsp3) is 0.381. The third kappa shape index (κ3) is 5.71. The normalized spacial score (nSPS) is 20.1. The monoisotopic (exact) mass is 464 g/mol. The Hall–Kier alpha value is -2.26. The molecule has 31 heavy (non-hydrogen) atoms. The van der Waals surface area contributed by atoms with Crippen LogP contribution in [0.1, 0.15) is 39.9 Å². The van der Waals surface area contributed by atoms with Gasteiger partial charge in [-0.2, -0.15) is 26.3 Å². The van der Waals surface area contributed by atoms with E-state index in [1.807, 2.05) is 0 Å². The largest absolute Gasteiger partial charge is 0.416 e. The van der Waals surface area contributed by atoms with Gasteiger partial charge in [-0.05, 0) is 55.2 Å². The smallest absolute Gasteiger partial charge is 0.335 e. The molecule has 0 bridgehead atoms. The minimum atomic E-state index is -5.02. The van der Waals surface area contributed by atoms with E-state index in [1.54, 1.807) is 24.3 Å². The average molecular weight is 465 g/mol. The molecule has 0 aromatic heterocycles. The zero-order chi connectivity index (χ0) is 23.0. The average Bonchev–Trinajstić information content (AvgIpc) is 2.68. The van der Waals surface area contributed by atoms with E-state index >= 15 is 0 Å². The van der Waals surface area contributed by atoms with Crippen molar-refractivity contribution in [2.45, 2.75) is 43.7 Å². The molecule has 0 saturated carbocycles. The molecule has 10 heteroatoms. The second-order valence-corrected chi connectivity index (χ2v) is 8.00. The van der Waals surface area contributed by atoms with Crippen molar-refractivity contribution in [3.8, 4) is 0 Å². The summed E-state index contributed by atoms with van der Waals surface area (Å²) in [5.74, 6) is -0.887. The van der Waals surface area contributed by atoms with Gasteiger partial charge >= 0.3 is 12.4 Å². The molecule has 1 amide bonds. The number of benzene rings is 2. The summed E-state index contributed by atoms with van der Waals surface area (Å²) in [5.41, 5.74) is 3.14. The maximum Gasteiger partial charge on any atom is 0.416 e. The Morgan fingerprint density at radius 3 is 2.06 bits per heavy atom. The Labute approximate surface area is 179 Å². The SMILES string of the molecule is NC1CCN(C(=O)c2cc(C(F)(F)F)cc(C(F)(F)F)c2)[C@@H](Cc2ccc(Cl)cc2)C1. The van der Waals surface area contributed by atoms with E-state index in [4.69, 9.17) is 17.3 Å². The minimum absolute atomic E-state index is 0.00803. The third-order valence-corrected chi connectivity index (χ3v) is 5.49. The van der Waals surface area contributed by atoms with Crippen molar-refractivity contribution >= 4 is 17.5 Å². The summed E-state index contributed by atoms with van der Waals surface area (Å²) in [5, 5.41) is 0.515. The van der Waals surface area contributed by atoms with E-state index < -0.39 is 41.0 Å². The number of hydrogen-bond donors (Lipinski definition) is 1. The number of likely N-dealkylation sites (tertiary alicyclic amines) is 1. The maximum absolute atomic E-state index is 13.2. The summed E-state index contributed by atoms with van der Waals surface area (Å²) in [7, 11) is 0. The van der Waals surface area contributed by atoms with Gasteiger partial charge in [0, 0.05) is 29.2 Å². The molecule has 168 valence electrons. The summed E-state index contributed by atoms with van der Waals surface area (Å²) in [6, 6.07) is 7.05. The topological polar surface area (TPSA) is 46.3 Å². The van der Waals surface area contributed by atoms with Crippen LogP contribution in [0.2, 0.25) is 5.02 Å². The van der Waals surface area contributed by atoms with Crippen LogP contribution in [0, 0.1) is 0 Å². The Morgan fingerprint density at radius 2 is 1.55 bits per heavy atom. The van der Waals surface area contributed by atoms with Crippen LogP contribution in [0.15, 0.2) is 42.5 Å². The summed E-state index contributed by atoms with van der Waals surface area (Å²) >= 11 is 5.87. The molecule has 3 rings (SSSR count). The second-order valence-electron chi connectivity index (χ2n) is 7.56. The summed E-state index contributed by atoms with van der Waals surface area (Å²) in [4.78, 5) is 14.4. The van der Waals surface area contributed by atoms with Crippen molar-refractivity contribution in [1.29, 1.82) is 0 Å². The molecule has 2 N–H and O–H groups in total. The molecule has 1 aliphatic heterocycles. The first-order valence-electron chi connectivity index (χ1n) is 9.45. The molecule has 1 unspecified atom stereocenters. The van der Waals surface area contributed by atoms with Crippen LogP contribution in [0.5, 0.6) is 0 Å². The fourth-order valence-electron chi connectivity index (χ4n) is 3.68. The third-order valence-electron chi connectivity index (χ3n) is 5.24. The molecular weight excluding hydrogens is 446 g/mol. The maximum atomic E-state index is 13.2. The molecule has 2 aromatic carbocycles. The first-order valence-corrected chi connectivity index (χ1v) is 9.83. The van der Waals surface area contributed by atoms with Gasteiger partial charge in [-0.15, -0.1) is 0 Å². The van der Waals surface area contributed by atoms with Gasteiger partial charge in [-0.1, -0.05) is 23.7 Å². The summed E-state index contributed by atoms with van der Waals surface area (Å²) < 4.78 is 79.0. The highest BCUT2D eigenvalue weighted by Crippen LogP contribution is 2.37. The van der Waals surface area contributed by atoms with Gasteiger partial charge in [0.2, 0.25) is 0 Å². The van der Waals surface area contributed by atoms with Crippen LogP contribution < -0.4 is 5.73 Å². The molecule has 2 aromatic rings. The number of carbonyl (C=O) groups is 1. The number of alkyl halides is 6. The van der Waals surface area contributed by atoms with Gasteiger partial charge in [0.15, 0.2) is 0 Å². The molecule has 2 atom stereocenters. The quantitative estimate of drug-likeness (QED) is 0.605. The molecule has 0 radical (unpaired) electrons. The van der Waals surface area contributed by atoms with Crippen molar-refractivity contribution in [2.24, 2.45) is 5.73 Å². The van der Waals surface area contributed by atoms with E-state index in [1.165, 1.54) is 4.90 Å². The van der Waals surface area contributed by atoms with E-state index in [0.29, 0.717) is 36.4 Å². The van der Waals surface area contributed by atoms with Crippen molar-refractivity contribution in [1.82, 2.24) is 4.90 Å². The summed E-state index contributed by atoms with van der Waals surface area (Å²) in [6.45, 7) is 0.135. The Kier molecular flexibility index (Phi) is 6.57. The van der Waals surface area contributed by atoms with Crippen molar-refractivity contribution in [3.63, 3.8) is 0 Å². The van der Waals surface area contributed by atoms with E-state index in [2.05, 4.69) is 0 Å². The van der Waals surface area contributed by atoms with Crippen LogP contribution in [0.25, 0.3) is 0 Å².